The molecule has 1 heterocycles. The maximum atomic E-state index is 12.1. The third-order valence-corrected chi connectivity index (χ3v) is 4.69. The third kappa shape index (κ3) is 5.20. The van der Waals surface area contributed by atoms with Crippen LogP contribution < -0.4 is 10.1 Å². The van der Waals surface area contributed by atoms with Gasteiger partial charge in [-0.3, -0.25) is 4.79 Å². The number of benzene rings is 2. The van der Waals surface area contributed by atoms with Crippen molar-refractivity contribution in [2.24, 2.45) is 0 Å². The van der Waals surface area contributed by atoms with Crippen LogP contribution in [0.5, 0.6) is 5.75 Å². The Hall–Kier alpha value is -2.59. The molecule has 0 radical (unpaired) electrons. The van der Waals surface area contributed by atoms with E-state index < -0.39 is 0 Å². The summed E-state index contributed by atoms with van der Waals surface area (Å²) in [6.07, 6.45) is 7.00. The average molecular weight is 350 g/mol. The van der Waals surface area contributed by atoms with Gasteiger partial charge in [0.25, 0.3) is 0 Å². The number of carbonyl (C=O) groups is 1. The molecule has 1 saturated heterocycles. The van der Waals surface area contributed by atoms with Gasteiger partial charge in [0, 0.05) is 23.9 Å². The Kier molecular flexibility index (Phi) is 6.45. The lowest BCUT2D eigenvalue weighted by molar-refractivity contribution is -0.111. The normalized spacial score (nSPS) is 14.7. The van der Waals surface area contributed by atoms with E-state index in [1.165, 1.54) is 37.6 Å². The van der Waals surface area contributed by atoms with Crippen LogP contribution in [0.25, 0.3) is 6.08 Å². The number of ether oxygens (including phenoxy) is 1. The monoisotopic (exact) mass is 350 g/mol. The highest BCUT2D eigenvalue weighted by Crippen LogP contribution is 2.19. The highest BCUT2D eigenvalue weighted by Gasteiger charge is 2.10. The van der Waals surface area contributed by atoms with E-state index in [9.17, 15) is 4.79 Å². The van der Waals surface area contributed by atoms with Crippen molar-refractivity contribution in [1.82, 2.24) is 4.90 Å². The summed E-state index contributed by atoms with van der Waals surface area (Å²) < 4.78 is 5.28. The molecule has 4 nitrogen and oxygen atoms in total. The highest BCUT2D eigenvalue weighted by molar-refractivity contribution is 6.02. The summed E-state index contributed by atoms with van der Waals surface area (Å²) in [4.78, 5) is 14.6. The Morgan fingerprint density at radius 3 is 2.58 bits per heavy atom. The molecule has 0 saturated carbocycles. The Bertz CT molecular complexity index is 747. The first-order chi connectivity index (χ1) is 12.7. The second kappa shape index (κ2) is 9.20. The van der Waals surface area contributed by atoms with Crippen LogP contribution in [-0.2, 0) is 11.2 Å². The van der Waals surface area contributed by atoms with Gasteiger partial charge in [0.2, 0.25) is 5.91 Å². The van der Waals surface area contributed by atoms with Crippen LogP contribution in [0.2, 0.25) is 0 Å². The molecule has 136 valence electrons. The predicted octanol–water partition coefficient (Wildman–Crippen LogP) is 3.99. The Balaban J connectivity index is 1.51. The Labute approximate surface area is 155 Å². The van der Waals surface area contributed by atoms with Gasteiger partial charge in [0.1, 0.15) is 5.75 Å². The molecule has 0 atom stereocenters. The van der Waals surface area contributed by atoms with Crippen molar-refractivity contribution in [2.45, 2.75) is 19.3 Å². The lowest BCUT2D eigenvalue weighted by Crippen LogP contribution is -2.21. The summed E-state index contributed by atoms with van der Waals surface area (Å²) in [7, 11) is 1.62. The number of amides is 1. The van der Waals surface area contributed by atoms with E-state index in [-0.39, 0.29) is 5.91 Å². The van der Waals surface area contributed by atoms with E-state index >= 15 is 0 Å². The molecule has 26 heavy (non-hydrogen) atoms. The Morgan fingerprint density at radius 1 is 1.12 bits per heavy atom. The van der Waals surface area contributed by atoms with Crippen molar-refractivity contribution in [3.63, 3.8) is 0 Å². The van der Waals surface area contributed by atoms with Crippen molar-refractivity contribution < 1.29 is 9.53 Å². The van der Waals surface area contributed by atoms with Gasteiger partial charge in [0.05, 0.1) is 7.11 Å². The first kappa shape index (κ1) is 18.2. The quantitative estimate of drug-likeness (QED) is 0.768. The molecule has 0 aliphatic carbocycles. The number of hydrogen-bond acceptors (Lipinski definition) is 3. The van der Waals surface area contributed by atoms with Gasteiger partial charge < -0.3 is 15.0 Å². The molecule has 1 N–H and O–H groups in total. The van der Waals surface area contributed by atoms with Crippen LogP contribution in [0, 0.1) is 0 Å². The first-order valence-electron chi connectivity index (χ1n) is 9.18. The number of carbonyl (C=O) groups excluding carboxylic acids is 1. The number of hydrogen-bond donors (Lipinski definition) is 1. The van der Waals surface area contributed by atoms with Crippen LogP contribution in [-0.4, -0.2) is 37.6 Å². The molecule has 1 fully saturated rings. The second-order valence-corrected chi connectivity index (χ2v) is 6.56. The summed E-state index contributed by atoms with van der Waals surface area (Å²) in [6, 6.07) is 15.7. The molecule has 0 aromatic heterocycles. The number of nitrogens with zero attached hydrogens (tertiary/aromatic N) is 1. The molecule has 1 aliphatic heterocycles. The van der Waals surface area contributed by atoms with Crippen molar-refractivity contribution in [1.29, 1.82) is 0 Å². The fourth-order valence-electron chi connectivity index (χ4n) is 3.20. The van der Waals surface area contributed by atoms with Gasteiger partial charge >= 0.3 is 0 Å². The standard InChI is InChI=1S/C22H26N2O2/c1-26-21-7-3-2-6-19(21)10-13-22(25)23-20-11-8-18(9-12-20)14-17-24-15-4-5-16-24/h2-3,6-13H,4-5,14-17H2,1H3,(H,23,25)/b13-10+. The predicted molar refractivity (Wildman–Crippen MR) is 106 cm³/mol. The summed E-state index contributed by atoms with van der Waals surface area (Å²) in [5.74, 6) is 0.597. The van der Waals surface area contributed by atoms with Crippen molar-refractivity contribution >= 4 is 17.7 Å². The molecule has 4 heteroatoms. The zero-order valence-corrected chi connectivity index (χ0v) is 15.3. The highest BCUT2D eigenvalue weighted by atomic mass is 16.5. The van der Waals surface area contributed by atoms with Gasteiger partial charge in [-0.05, 0) is 62.2 Å². The van der Waals surface area contributed by atoms with Gasteiger partial charge in [-0.1, -0.05) is 30.3 Å². The summed E-state index contributed by atoms with van der Waals surface area (Å²) in [5, 5.41) is 2.90. The number of nitrogens with one attached hydrogen (secondary N) is 1. The van der Waals surface area contributed by atoms with Crippen molar-refractivity contribution in [3.05, 3.63) is 65.7 Å². The van der Waals surface area contributed by atoms with Gasteiger partial charge in [-0.2, -0.15) is 0 Å². The minimum atomic E-state index is -0.152. The largest absolute Gasteiger partial charge is 0.496 e. The molecule has 3 rings (SSSR count). The van der Waals surface area contributed by atoms with Gasteiger partial charge in [-0.15, -0.1) is 0 Å². The molecule has 1 amide bonds. The first-order valence-corrected chi connectivity index (χ1v) is 9.18. The number of para-hydroxylation sites is 1. The fraction of sp³-hybridized carbons (Fsp3) is 0.318. The average Bonchev–Trinajstić information content (AvgIpc) is 3.20. The number of methoxy groups -OCH3 is 1. The third-order valence-electron chi connectivity index (χ3n) is 4.69. The van der Waals surface area contributed by atoms with E-state index in [2.05, 4.69) is 22.3 Å². The summed E-state index contributed by atoms with van der Waals surface area (Å²) in [6.45, 7) is 3.58. The molecule has 2 aromatic carbocycles. The molecular formula is C22H26N2O2. The van der Waals surface area contributed by atoms with Crippen LogP contribution in [0.3, 0.4) is 0 Å². The van der Waals surface area contributed by atoms with Gasteiger partial charge in [-0.25, -0.2) is 0 Å². The molecular weight excluding hydrogens is 324 g/mol. The zero-order chi connectivity index (χ0) is 18.2. The second-order valence-electron chi connectivity index (χ2n) is 6.56. The maximum absolute atomic E-state index is 12.1. The van der Waals surface area contributed by atoms with E-state index in [1.807, 2.05) is 36.4 Å². The van der Waals surface area contributed by atoms with E-state index in [0.29, 0.717) is 0 Å². The zero-order valence-electron chi connectivity index (χ0n) is 15.3. The van der Waals surface area contributed by atoms with Crippen LogP contribution in [0.1, 0.15) is 24.0 Å². The summed E-state index contributed by atoms with van der Waals surface area (Å²) in [5.41, 5.74) is 2.99. The van der Waals surface area contributed by atoms with Crippen LogP contribution in [0.4, 0.5) is 5.69 Å². The molecule has 0 bridgehead atoms. The van der Waals surface area contributed by atoms with E-state index in [4.69, 9.17) is 4.74 Å². The summed E-state index contributed by atoms with van der Waals surface area (Å²) >= 11 is 0. The lowest BCUT2D eigenvalue weighted by Gasteiger charge is -2.14. The van der Waals surface area contributed by atoms with E-state index in [1.54, 1.807) is 13.2 Å². The molecule has 2 aromatic rings. The van der Waals surface area contributed by atoms with E-state index in [0.717, 1.165) is 30.0 Å². The number of anilines is 1. The van der Waals surface area contributed by atoms with Crippen LogP contribution in [0.15, 0.2) is 54.6 Å². The molecule has 1 aliphatic rings. The minimum absolute atomic E-state index is 0.152. The molecule has 0 unspecified atom stereocenters. The smallest absolute Gasteiger partial charge is 0.248 e. The number of rotatable bonds is 7. The van der Waals surface area contributed by atoms with Crippen molar-refractivity contribution in [2.75, 3.05) is 32.1 Å². The van der Waals surface area contributed by atoms with Crippen LogP contribution >= 0.6 is 0 Å². The Morgan fingerprint density at radius 2 is 1.85 bits per heavy atom. The maximum Gasteiger partial charge on any atom is 0.248 e. The fourth-order valence-corrected chi connectivity index (χ4v) is 3.20. The topological polar surface area (TPSA) is 41.6 Å². The SMILES string of the molecule is COc1ccccc1/C=C/C(=O)Nc1ccc(CCN2CCCC2)cc1. The van der Waals surface area contributed by atoms with Crippen molar-refractivity contribution in [3.8, 4) is 5.75 Å². The minimum Gasteiger partial charge on any atom is -0.496 e. The van der Waals surface area contributed by atoms with Gasteiger partial charge in [0.15, 0.2) is 0 Å². The molecule has 0 spiro atoms. The lowest BCUT2D eigenvalue weighted by atomic mass is 10.1. The number of likely N-dealkylation sites (tertiary alicyclic amines) is 1.